The van der Waals surface area contributed by atoms with Gasteiger partial charge in [0.05, 0.1) is 35.1 Å². The van der Waals surface area contributed by atoms with E-state index in [1.54, 1.807) is 31.2 Å². The van der Waals surface area contributed by atoms with Crippen molar-refractivity contribution in [2.45, 2.75) is 50.9 Å². The van der Waals surface area contributed by atoms with Gasteiger partial charge < -0.3 is 9.64 Å². The van der Waals surface area contributed by atoms with E-state index < -0.39 is 36.8 Å². The van der Waals surface area contributed by atoms with Gasteiger partial charge in [-0.2, -0.15) is 0 Å². The number of aromatic nitrogens is 2. The molecule has 1 aliphatic rings. The minimum absolute atomic E-state index is 0.0289. The number of halogens is 1. The number of rotatable bonds is 10. The van der Waals surface area contributed by atoms with Crippen LogP contribution in [0, 0.1) is 0 Å². The number of sulfone groups is 2. The predicted octanol–water partition coefficient (Wildman–Crippen LogP) is 2.93. The van der Waals surface area contributed by atoms with Crippen LogP contribution in [0.4, 0.5) is 0 Å². The van der Waals surface area contributed by atoms with Crippen LogP contribution in [0.3, 0.4) is 0 Å². The molecule has 0 saturated carbocycles. The Morgan fingerprint density at radius 2 is 1.91 bits per heavy atom. The predicted molar refractivity (Wildman–Crippen MR) is 129 cm³/mol. The molecule has 2 heterocycles. The first kappa shape index (κ1) is 26.4. The smallest absolute Gasteiger partial charge is 0.274 e. The van der Waals surface area contributed by atoms with Gasteiger partial charge in [-0.25, -0.2) is 26.8 Å². The fourth-order valence-electron chi connectivity index (χ4n) is 3.64. The number of amides is 1. The molecule has 1 fully saturated rings. The third-order valence-electron chi connectivity index (χ3n) is 5.33. The van der Waals surface area contributed by atoms with Gasteiger partial charge >= 0.3 is 0 Å². The molecule has 0 spiro atoms. The van der Waals surface area contributed by atoms with Crippen molar-refractivity contribution in [2.75, 3.05) is 23.9 Å². The highest BCUT2D eigenvalue weighted by Crippen LogP contribution is 2.25. The first-order valence-electron chi connectivity index (χ1n) is 11.0. The van der Waals surface area contributed by atoms with E-state index >= 15 is 0 Å². The van der Waals surface area contributed by atoms with Gasteiger partial charge in [-0.1, -0.05) is 37.6 Å². The van der Waals surface area contributed by atoms with Crippen LogP contribution >= 0.6 is 11.6 Å². The third kappa shape index (κ3) is 6.45. The first-order chi connectivity index (χ1) is 16.1. The molecule has 1 saturated heterocycles. The van der Waals surface area contributed by atoms with Crippen LogP contribution < -0.4 is 4.74 Å². The van der Waals surface area contributed by atoms with E-state index in [0.717, 1.165) is 18.2 Å². The quantitative estimate of drug-likeness (QED) is 0.430. The van der Waals surface area contributed by atoms with Crippen molar-refractivity contribution in [1.29, 1.82) is 0 Å². The Bertz CT molecular complexity index is 1230. The normalized spacial score (nSPS) is 17.4. The van der Waals surface area contributed by atoms with E-state index in [1.165, 1.54) is 4.90 Å². The number of ether oxygens (including phenoxy) is 1. The number of carbonyl (C=O) groups is 1. The minimum Gasteiger partial charge on any atom is -0.494 e. The van der Waals surface area contributed by atoms with E-state index in [2.05, 4.69) is 9.97 Å². The van der Waals surface area contributed by atoms with E-state index in [-0.39, 0.29) is 40.9 Å². The van der Waals surface area contributed by atoms with Crippen LogP contribution in [0.15, 0.2) is 35.6 Å². The summed E-state index contributed by atoms with van der Waals surface area (Å²) in [6.45, 7) is 4.40. The molecule has 12 heteroatoms. The maximum absolute atomic E-state index is 13.6. The second kappa shape index (κ2) is 11.0. The van der Waals surface area contributed by atoms with Gasteiger partial charge in [0, 0.05) is 12.6 Å². The first-order valence-corrected chi connectivity index (χ1v) is 14.9. The molecule has 1 atom stereocenters. The fourth-order valence-corrected chi connectivity index (χ4v) is 6.71. The van der Waals surface area contributed by atoms with Crippen molar-refractivity contribution in [1.82, 2.24) is 14.9 Å². The summed E-state index contributed by atoms with van der Waals surface area (Å²) in [6.07, 6.45) is 2.60. The Kier molecular flexibility index (Phi) is 8.53. The summed E-state index contributed by atoms with van der Waals surface area (Å²) in [5.74, 6) is -0.330. The Hall–Kier alpha value is -2.24. The summed E-state index contributed by atoms with van der Waals surface area (Å²) in [6, 6.07) is 6.58. The zero-order chi connectivity index (χ0) is 24.9. The highest BCUT2D eigenvalue weighted by molar-refractivity contribution is 7.91. The molecular formula is C22H28ClN3O6S2. The summed E-state index contributed by atoms with van der Waals surface area (Å²) in [7, 11) is -7.07. The van der Waals surface area contributed by atoms with Crippen LogP contribution in [0.1, 0.15) is 49.2 Å². The van der Waals surface area contributed by atoms with Crippen LogP contribution in [-0.2, 0) is 26.2 Å². The Morgan fingerprint density at radius 3 is 2.50 bits per heavy atom. The molecule has 1 unspecified atom stereocenters. The fraction of sp³-hybridized carbons (Fsp3) is 0.500. The van der Waals surface area contributed by atoms with Gasteiger partial charge in [0.2, 0.25) is 15.0 Å². The van der Waals surface area contributed by atoms with Crippen molar-refractivity contribution < 1.29 is 26.4 Å². The standard InChI is InChI=1S/C22H28ClN3O6S2/c1-3-10-32-18-7-5-16(6-8-18)14-26(17-9-12-33(28,29)15-17)21(27)20-19(23)13-24-22(25-20)34(30,31)11-4-2/h5-8,13,17H,3-4,9-12,14-15H2,1-2H3. The molecule has 0 radical (unpaired) electrons. The van der Waals surface area contributed by atoms with Crippen molar-refractivity contribution in [2.24, 2.45) is 0 Å². The van der Waals surface area contributed by atoms with Crippen LogP contribution in [0.2, 0.25) is 5.02 Å². The molecule has 0 N–H and O–H groups in total. The van der Waals surface area contributed by atoms with Crippen molar-refractivity contribution in [3.05, 3.63) is 46.7 Å². The molecule has 1 aliphatic heterocycles. The SMILES string of the molecule is CCCOc1ccc(CN(C(=O)c2nc(S(=O)(=O)CCC)ncc2Cl)C2CCS(=O)(=O)C2)cc1. The molecule has 1 amide bonds. The third-order valence-corrected chi connectivity index (χ3v) is 9.06. The Balaban J connectivity index is 1.94. The zero-order valence-corrected chi connectivity index (χ0v) is 21.5. The lowest BCUT2D eigenvalue weighted by Gasteiger charge is -2.28. The number of hydrogen-bond donors (Lipinski definition) is 0. The second-order valence-corrected chi connectivity index (χ2v) is 12.8. The summed E-state index contributed by atoms with van der Waals surface area (Å²) in [5.41, 5.74) is 0.490. The molecule has 2 aromatic rings. The highest BCUT2D eigenvalue weighted by Gasteiger charge is 2.36. The highest BCUT2D eigenvalue weighted by atomic mass is 35.5. The largest absolute Gasteiger partial charge is 0.494 e. The summed E-state index contributed by atoms with van der Waals surface area (Å²) in [5, 5.41) is -0.576. The van der Waals surface area contributed by atoms with Crippen molar-refractivity contribution in [3.63, 3.8) is 0 Å². The molecule has 1 aromatic heterocycles. The maximum atomic E-state index is 13.6. The van der Waals surface area contributed by atoms with E-state index in [9.17, 15) is 21.6 Å². The van der Waals surface area contributed by atoms with Crippen LogP contribution in [0.25, 0.3) is 0 Å². The molecular weight excluding hydrogens is 502 g/mol. The number of hydrogen-bond acceptors (Lipinski definition) is 8. The topological polar surface area (TPSA) is 124 Å². The van der Waals surface area contributed by atoms with Crippen LogP contribution in [0.5, 0.6) is 5.75 Å². The van der Waals surface area contributed by atoms with E-state index in [0.29, 0.717) is 18.8 Å². The number of nitrogens with zero attached hydrogens (tertiary/aromatic N) is 3. The zero-order valence-electron chi connectivity index (χ0n) is 19.1. The molecule has 186 valence electrons. The molecule has 9 nitrogen and oxygen atoms in total. The van der Waals surface area contributed by atoms with Crippen molar-refractivity contribution >= 4 is 37.2 Å². The average molecular weight is 530 g/mol. The lowest BCUT2D eigenvalue weighted by atomic mass is 10.1. The van der Waals surface area contributed by atoms with Crippen LogP contribution in [-0.4, -0.2) is 67.5 Å². The summed E-state index contributed by atoms with van der Waals surface area (Å²) >= 11 is 6.20. The van der Waals surface area contributed by atoms with Gasteiger partial charge in [0.25, 0.3) is 5.91 Å². The lowest BCUT2D eigenvalue weighted by molar-refractivity contribution is 0.0674. The van der Waals surface area contributed by atoms with Gasteiger partial charge in [0.15, 0.2) is 15.5 Å². The molecule has 0 bridgehead atoms. The second-order valence-electron chi connectivity index (χ2n) is 8.15. The summed E-state index contributed by atoms with van der Waals surface area (Å²) < 4.78 is 54.8. The van der Waals surface area contributed by atoms with E-state index in [1.807, 2.05) is 6.92 Å². The Morgan fingerprint density at radius 1 is 1.21 bits per heavy atom. The Labute approximate surface area is 205 Å². The van der Waals surface area contributed by atoms with E-state index in [4.69, 9.17) is 16.3 Å². The maximum Gasteiger partial charge on any atom is 0.274 e. The summed E-state index contributed by atoms with van der Waals surface area (Å²) in [4.78, 5) is 22.7. The van der Waals surface area contributed by atoms with Crippen molar-refractivity contribution in [3.8, 4) is 5.75 Å². The molecule has 0 aliphatic carbocycles. The van der Waals surface area contributed by atoms with Gasteiger partial charge in [0.1, 0.15) is 5.75 Å². The minimum atomic E-state index is -3.78. The lowest BCUT2D eigenvalue weighted by Crippen LogP contribution is -2.41. The molecule has 1 aromatic carbocycles. The molecule has 3 rings (SSSR count). The number of benzene rings is 1. The van der Waals surface area contributed by atoms with Gasteiger partial charge in [-0.15, -0.1) is 0 Å². The monoisotopic (exact) mass is 529 g/mol. The van der Waals surface area contributed by atoms with Gasteiger partial charge in [-0.3, -0.25) is 4.79 Å². The van der Waals surface area contributed by atoms with Gasteiger partial charge in [-0.05, 0) is 37.0 Å². The number of carbonyl (C=O) groups excluding carboxylic acids is 1. The average Bonchev–Trinajstić information content (AvgIpc) is 3.15. The molecule has 34 heavy (non-hydrogen) atoms.